The molecule has 2 atom stereocenters. The third kappa shape index (κ3) is 2.86. The van der Waals surface area contributed by atoms with E-state index < -0.39 is 0 Å². The lowest BCUT2D eigenvalue weighted by Gasteiger charge is -2.12. The molecule has 14 heavy (non-hydrogen) atoms. The van der Waals surface area contributed by atoms with Crippen molar-refractivity contribution in [2.45, 2.75) is 31.8 Å². The first-order valence-corrected chi connectivity index (χ1v) is 4.90. The zero-order chi connectivity index (χ0) is 10.4. The number of aliphatic hydroxyl groups excluding tert-OH is 1. The number of nitriles is 1. The predicted octanol–water partition coefficient (Wildman–Crippen LogP) is 2.45. The van der Waals surface area contributed by atoms with Crippen molar-refractivity contribution in [3.8, 4) is 6.07 Å². The average Bonchev–Trinajstić information content (AvgIpc) is 2.26. The Morgan fingerprint density at radius 3 is 2.50 bits per heavy atom. The van der Waals surface area contributed by atoms with Crippen molar-refractivity contribution in [3.63, 3.8) is 0 Å². The molecule has 1 aromatic rings. The van der Waals surface area contributed by atoms with Crippen LogP contribution in [0.15, 0.2) is 30.3 Å². The molecule has 0 saturated heterocycles. The second-order valence-electron chi connectivity index (χ2n) is 3.39. The fraction of sp³-hybridized carbons (Fsp3) is 0.417. The lowest BCUT2D eigenvalue weighted by molar-refractivity contribution is 0.156. The summed E-state index contributed by atoms with van der Waals surface area (Å²) in [4.78, 5) is 0. The van der Waals surface area contributed by atoms with Gasteiger partial charge in [0.15, 0.2) is 0 Å². The van der Waals surface area contributed by atoms with Crippen molar-refractivity contribution in [3.05, 3.63) is 35.9 Å². The van der Waals surface area contributed by atoms with E-state index >= 15 is 0 Å². The summed E-state index contributed by atoms with van der Waals surface area (Å²) in [5, 5.41) is 18.4. The van der Waals surface area contributed by atoms with Gasteiger partial charge < -0.3 is 5.11 Å². The summed E-state index contributed by atoms with van der Waals surface area (Å²) < 4.78 is 0. The molecule has 0 heterocycles. The van der Waals surface area contributed by atoms with Gasteiger partial charge in [0.25, 0.3) is 0 Å². The maximum absolute atomic E-state index is 9.47. The molecule has 74 valence electrons. The molecule has 0 aromatic heterocycles. The lowest BCUT2D eigenvalue weighted by atomic mass is 9.94. The third-order valence-corrected chi connectivity index (χ3v) is 2.34. The van der Waals surface area contributed by atoms with Gasteiger partial charge in [0.05, 0.1) is 18.1 Å². The van der Waals surface area contributed by atoms with Gasteiger partial charge in [-0.1, -0.05) is 37.3 Å². The largest absolute Gasteiger partial charge is 0.393 e. The Morgan fingerprint density at radius 1 is 1.36 bits per heavy atom. The van der Waals surface area contributed by atoms with E-state index in [2.05, 4.69) is 6.07 Å². The third-order valence-electron chi connectivity index (χ3n) is 2.34. The quantitative estimate of drug-likeness (QED) is 0.790. The Kier molecular flexibility index (Phi) is 4.15. The highest BCUT2D eigenvalue weighted by molar-refractivity contribution is 5.24. The topological polar surface area (TPSA) is 44.0 Å². The van der Waals surface area contributed by atoms with Gasteiger partial charge in [-0.05, 0) is 18.4 Å². The van der Waals surface area contributed by atoms with Crippen LogP contribution in [0.25, 0.3) is 0 Å². The molecular weight excluding hydrogens is 174 g/mol. The molecule has 2 heteroatoms. The highest BCUT2D eigenvalue weighted by Gasteiger charge is 2.14. The van der Waals surface area contributed by atoms with Crippen LogP contribution in [0.5, 0.6) is 0 Å². The number of hydrogen-bond acceptors (Lipinski definition) is 2. The van der Waals surface area contributed by atoms with E-state index in [-0.39, 0.29) is 12.0 Å². The van der Waals surface area contributed by atoms with Gasteiger partial charge in [0.2, 0.25) is 0 Å². The highest BCUT2D eigenvalue weighted by atomic mass is 16.3. The number of rotatable bonds is 4. The molecule has 0 aliphatic heterocycles. The SMILES string of the molecule is CC[C@@H](O)C[C@H](C#N)c1ccccc1. The van der Waals surface area contributed by atoms with Crippen molar-refractivity contribution >= 4 is 0 Å². The first-order chi connectivity index (χ1) is 6.77. The maximum Gasteiger partial charge on any atom is 0.0737 e. The molecule has 0 amide bonds. The van der Waals surface area contributed by atoms with Crippen LogP contribution < -0.4 is 0 Å². The smallest absolute Gasteiger partial charge is 0.0737 e. The summed E-state index contributed by atoms with van der Waals surface area (Å²) in [6, 6.07) is 11.8. The zero-order valence-electron chi connectivity index (χ0n) is 8.35. The van der Waals surface area contributed by atoms with E-state index in [1.165, 1.54) is 0 Å². The van der Waals surface area contributed by atoms with Crippen LogP contribution in [0, 0.1) is 11.3 Å². The first-order valence-electron chi connectivity index (χ1n) is 4.90. The van der Waals surface area contributed by atoms with Crippen LogP contribution in [-0.4, -0.2) is 11.2 Å². The Balaban J connectivity index is 2.69. The molecule has 0 radical (unpaired) electrons. The number of benzene rings is 1. The average molecular weight is 189 g/mol. The molecular formula is C12H15NO. The summed E-state index contributed by atoms with van der Waals surface area (Å²) in [6.45, 7) is 1.92. The highest BCUT2D eigenvalue weighted by Crippen LogP contribution is 2.20. The summed E-state index contributed by atoms with van der Waals surface area (Å²) >= 11 is 0. The van der Waals surface area contributed by atoms with Crippen molar-refractivity contribution in [1.29, 1.82) is 5.26 Å². The summed E-state index contributed by atoms with van der Waals surface area (Å²) in [7, 11) is 0. The lowest BCUT2D eigenvalue weighted by Crippen LogP contribution is -2.10. The molecule has 2 nitrogen and oxygen atoms in total. The molecule has 1 N–H and O–H groups in total. The predicted molar refractivity (Wildman–Crippen MR) is 55.7 cm³/mol. The molecule has 1 aromatic carbocycles. The standard InChI is InChI=1S/C12H15NO/c1-2-12(14)8-11(9-13)10-6-4-3-5-7-10/h3-7,11-12,14H,2,8H2,1H3/t11-,12-/m1/s1. The molecule has 0 spiro atoms. The van der Waals surface area contributed by atoms with E-state index in [1.807, 2.05) is 37.3 Å². The van der Waals surface area contributed by atoms with Gasteiger partial charge in [-0.2, -0.15) is 5.26 Å². The van der Waals surface area contributed by atoms with Crippen molar-refractivity contribution in [2.75, 3.05) is 0 Å². The van der Waals surface area contributed by atoms with Crippen molar-refractivity contribution < 1.29 is 5.11 Å². The summed E-state index contributed by atoms with van der Waals surface area (Å²) in [6.07, 6.45) is 0.849. The van der Waals surface area contributed by atoms with Gasteiger partial charge in [-0.15, -0.1) is 0 Å². The van der Waals surface area contributed by atoms with Gasteiger partial charge >= 0.3 is 0 Å². The second-order valence-corrected chi connectivity index (χ2v) is 3.39. The minimum absolute atomic E-state index is 0.189. The first kappa shape index (κ1) is 10.7. The minimum Gasteiger partial charge on any atom is -0.393 e. The molecule has 0 fully saturated rings. The van der Waals surface area contributed by atoms with Gasteiger partial charge in [0, 0.05) is 0 Å². The molecule has 0 aliphatic carbocycles. The van der Waals surface area contributed by atoms with Crippen LogP contribution in [-0.2, 0) is 0 Å². The maximum atomic E-state index is 9.47. The van der Waals surface area contributed by atoms with Gasteiger partial charge in [-0.3, -0.25) is 0 Å². The van der Waals surface area contributed by atoms with E-state index in [0.717, 1.165) is 5.56 Å². The number of aliphatic hydroxyl groups is 1. The number of nitrogens with zero attached hydrogens (tertiary/aromatic N) is 1. The minimum atomic E-state index is -0.375. The van der Waals surface area contributed by atoms with Crippen LogP contribution in [0.1, 0.15) is 31.2 Å². The van der Waals surface area contributed by atoms with Crippen LogP contribution in [0.4, 0.5) is 0 Å². The van der Waals surface area contributed by atoms with Gasteiger partial charge in [-0.25, -0.2) is 0 Å². The molecule has 0 bridgehead atoms. The Labute approximate surface area is 84.8 Å². The molecule has 0 saturated carbocycles. The van der Waals surface area contributed by atoms with Crippen molar-refractivity contribution in [1.82, 2.24) is 0 Å². The van der Waals surface area contributed by atoms with Crippen LogP contribution >= 0.6 is 0 Å². The van der Waals surface area contributed by atoms with E-state index in [0.29, 0.717) is 12.8 Å². The zero-order valence-corrected chi connectivity index (χ0v) is 8.35. The van der Waals surface area contributed by atoms with Crippen LogP contribution in [0.2, 0.25) is 0 Å². The molecule has 0 unspecified atom stereocenters. The monoisotopic (exact) mass is 189 g/mol. The normalized spacial score (nSPS) is 14.4. The van der Waals surface area contributed by atoms with E-state index in [4.69, 9.17) is 5.26 Å². The second kappa shape index (κ2) is 5.41. The van der Waals surface area contributed by atoms with Crippen molar-refractivity contribution in [2.24, 2.45) is 0 Å². The van der Waals surface area contributed by atoms with E-state index in [1.54, 1.807) is 0 Å². The van der Waals surface area contributed by atoms with Crippen LogP contribution in [0.3, 0.4) is 0 Å². The van der Waals surface area contributed by atoms with E-state index in [9.17, 15) is 5.11 Å². The molecule has 1 rings (SSSR count). The summed E-state index contributed by atoms with van der Waals surface area (Å²) in [5.41, 5.74) is 0.988. The van der Waals surface area contributed by atoms with Gasteiger partial charge in [0.1, 0.15) is 0 Å². The fourth-order valence-electron chi connectivity index (χ4n) is 1.39. The Bertz CT molecular complexity index is 302. The fourth-order valence-corrected chi connectivity index (χ4v) is 1.39. The molecule has 0 aliphatic rings. The Hall–Kier alpha value is -1.33. The Morgan fingerprint density at radius 2 is 2.00 bits per heavy atom. The summed E-state index contributed by atoms with van der Waals surface area (Å²) in [5.74, 6) is -0.189. The number of hydrogen-bond donors (Lipinski definition) is 1.